The lowest BCUT2D eigenvalue weighted by Gasteiger charge is -2.31. The number of halogens is 1. The average molecular weight is 361 g/mol. The number of aromatic amines is 1. The lowest BCUT2D eigenvalue weighted by atomic mass is 9.92. The molecule has 0 radical (unpaired) electrons. The van der Waals surface area contributed by atoms with Gasteiger partial charge in [0, 0.05) is 36.1 Å². The summed E-state index contributed by atoms with van der Waals surface area (Å²) in [6, 6.07) is 13.0. The normalized spacial score (nSPS) is 17.7. The van der Waals surface area contributed by atoms with Gasteiger partial charge in [-0.2, -0.15) is 0 Å². The molecule has 4 rings (SSSR count). The molecule has 1 aliphatic heterocycles. The van der Waals surface area contributed by atoms with Crippen LogP contribution in [0.15, 0.2) is 60.9 Å². The Labute approximate surface area is 159 Å². The summed E-state index contributed by atoms with van der Waals surface area (Å²) in [5.41, 5.74) is 6.50. The van der Waals surface area contributed by atoms with Crippen molar-refractivity contribution in [2.24, 2.45) is 0 Å². The number of hydrogen-bond donors (Lipinski definition) is 1. The molecule has 1 unspecified atom stereocenters. The van der Waals surface area contributed by atoms with Crippen molar-refractivity contribution >= 4 is 5.57 Å². The van der Waals surface area contributed by atoms with Gasteiger partial charge in [-0.05, 0) is 67.4 Å². The molecular weight excluding hydrogens is 337 g/mol. The van der Waals surface area contributed by atoms with E-state index in [-0.39, 0.29) is 5.82 Å². The lowest BCUT2D eigenvalue weighted by Crippen LogP contribution is -2.35. The second-order valence-corrected chi connectivity index (χ2v) is 6.99. The van der Waals surface area contributed by atoms with E-state index in [1.165, 1.54) is 23.3 Å². The average Bonchev–Trinajstić information content (AvgIpc) is 3.14. The number of pyridine rings is 1. The molecule has 4 heteroatoms. The molecule has 0 saturated heterocycles. The molecule has 0 aliphatic carbocycles. The third-order valence-electron chi connectivity index (χ3n) is 5.37. The highest BCUT2D eigenvalue weighted by Gasteiger charge is 2.23. The van der Waals surface area contributed by atoms with Crippen molar-refractivity contribution in [1.82, 2.24) is 14.9 Å². The first-order valence-corrected chi connectivity index (χ1v) is 9.51. The van der Waals surface area contributed by atoms with Gasteiger partial charge in [0.2, 0.25) is 0 Å². The van der Waals surface area contributed by atoms with Crippen LogP contribution in [-0.2, 0) is 0 Å². The highest BCUT2D eigenvalue weighted by Crippen LogP contribution is 2.39. The molecule has 3 nitrogen and oxygen atoms in total. The first-order chi connectivity index (χ1) is 13.2. The van der Waals surface area contributed by atoms with Gasteiger partial charge in [-0.3, -0.25) is 9.88 Å². The molecule has 1 N–H and O–H groups in total. The quantitative estimate of drug-likeness (QED) is 0.676. The Kier molecular flexibility index (Phi) is 4.90. The predicted molar refractivity (Wildman–Crippen MR) is 109 cm³/mol. The lowest BCUT2D eigenvalue weighted by molar-refractivity contribution is 0.252. The van der Waals surface area contributed by atoms with Gasteiger partial charge in [-0.25, -0.2) is 4.39 Å². The van der Waals surface area contributed by atoms with Gasteiger partial charge < -0.3 is 4.98 Å². The molecule has 27 heavy (non-hydrogen) atoms. The summed E-state index contributed by atoms with van der Waals surface area (Å²) in [5, 5.41) is 0. The number of likely N-dealkylation sites (N-methyl/N-ethyl adjacent to an activating group) is 1. The van der Waals surface area contributed by atoms with E-state index in [2.05, 4.69) is 41.0 Å². The van der Waals surface area contributed by atoms with Crippen LogP contribution in [0.25, 0.3) is 28.1 Å². The summed E-state index contributed by atoms with van der Waals surface area (Å²) < 4.78 is 13.4. The van der Waals surface area contributed by atoms with Gasteiger partial charge in [0.25, 0.3) is 0 Å². The zero-order valence-electron chi connectivity index (χ0n) is 15.7. The molecule has 0 bridgehead atoms. The first-order valence-electron chi connectivity index (χ1n) is 9.51. The van der Waals surface area contributed by atoms with E-state index in [0.717, 1.165) is 42.0 Å². The Morgan fingerprint density at radius 2 is 2.00 bits per heavy atom. The van der Waals surface area contributed by atoms with Crippen molar-refractivity contribution in [3.8, 4) is 22.5 Å². The van der Waals surface area contributed by atoms with E-state index in [1.807, 2.05) is 36.5 Å². The first kappa shape index (κ1) is 17.7. The van der Waals surface area contributed by atoms with Gasteiger partial charge in [0.1, 0.15) is 5.82 Å². The van der Waals surface area contributed by atoms with Crippen LogP contribution >= 0.6 is 0 Å². The van der Waals surface area contributed by atoms with Gasteiger partial charge >= 0.3 is 0 Å². The molecule has 1 aliphatic rings. The number of benzene rings is 1. The zero-order valence-corrected chi connectivity index (χ0v) is 15.7. The van der Waals surface area contributed by atoms with E-state index in [1.54, 1.807) is 0 Å². The number of aromatic nitrogens is 2. The molecule has 0 amide bonds. The zero-order chi connectivity index (χ0) is 18.8. The molecule has 2 aromatic heterocycles. The Bertz CT molecular complexity index is 942. The van der Waals surface area contributed by atoms with Crippen LogP contribution in [-0.4, -0.2) is 34.0 Å². The van der Waals surface area contributed by atoms with Gasteiger partial charge in [0.05, 0.1) is 11.4 Å². The Morgan fingerprint density at radius 3 is 2.67 bits per heavy atom. The summed E-state index contributed by atoms with van der Waals surface area (Å²) >= 11 is 0. The van der Waals surface area contributed by atoms with Crippen molar-refractivity contribution in [3.63, 3.8) is 0 Å². The summed E-state index contributed by atoms with van der Waals surface area (Å²) in [6.07, 6.45) is 7.26. The van der Waals surface area contributed by atoms with Crippen LogP contribution in [0.3, 0.4) is 0 Å². The second kappa shape index (κ2) is 7.49. The molecule has 138 valence electrons. The molecule has 1 atom stereocenters. The van der Waals surface area contributed by atoms with Crippen molar-refractivity contribution in [1.29, 1.82) is 0 Å². The smallest absolute Gasteiger partial charge is 0.123 e. The fourth-order valence-electron chi connectivity index (χ4n) is 3.92. The fraction of sp³-hybridized carbons (Fsp3) is 0.261. The molecule has 1 aromatic carbocycles. The summed E-state index contributed by atoms with van der Waals surface area (Å²) in [7, 11) is 0. The van der Waals surface area contributed by atoms with Crippen LogP contribution < -0.4 is 0 Å². The fourth-order valence-corrected chi connectivity index (χ4v) is 3.92. The van der Waals surface area contributed by atoms with Gasteiger partial charge in [-0.1, -0.05) is 19.1 Å². The van der Waals surface area contributed by atoms with Crippen molar-refractivity contribution in [2.75, 3.05) is 13.1 Å². The van der Waals surface area contributed by atoms with Crippen LogP contribution in [0.4, 0.5) is 4.39 Å². The number of nitrogens with zero attached hydrogens (tertiary/aromatic N) is 2. The van der Waals surface area contributed by atoms with Crippen molar-refractivity contribution < 1.29 is 4.39 Å². The summed E-state index contributed by atoms with van der Waals surface area (Å²) in [5.74, 6) is -0.228. The monoisotopic (exact) mass is 361 g/mol. The SMILES string of the molecule is CCN1CCC(c2c[nH]c(-c3ccc(F)cc3)c2-c2ccccn2)=CC1C. The minimum Gasteiger partial charge on any atom is -0.360 e. The van der Waals surface area contributed by atoms with Gasteiger partial charge in [-0.15, -0.1) is 0 Å². The van der Waals surface area contributed by atoms with Crippen molar-refractivity contribution in [3.05, 3.63) is 72.3 Å². The number of H-pyrrole nitrogens is 1. The molecule has 0 spiro atoms. The number of nitrogens with one attached hydrogen (secondary N) is 1. The van der Waals surface area contributed by atoms with Crippen LogP contribution in [0.2, 0.25) is 0 Å². The maximum Gasteiger partial charge on any atom is 0.123 e. The van der Waals surface area contributed by atoms with Gasteiger partial charge in [0.15, 0.2) is 0 Å². The topological polar surface area (TPSA) is 31.9 Å². The van der Waals surface area contributed by atoms with E-state index < -0.39 is 0 Å². The molecule has 3 aromatic rings. The Hall–Kier alpha value is -2.72. The maximum absolute atomic E-state index is 13.4. The Balaban J connectivity index is 1.85. The molecule has 0 saturated carbocycles. The minimum absolute atomic E-state index is 0.228. The standard InChI is InChI=1S/C23H24FN3/c1-3-27-13-11-18(14-16(27)2)20-15-26-23(17-7-9-19(24)10-8-17)22(20)21-6-4-5-12-25-21/h4-10,12,14-16,26H,3,11,13H2,1-2H3. The highest BCUT2D eigenvalue weighted by atomic mass is 19.1. The van der Waals surface area contributed by atoms with Crippen LogP contribution in [0.5, 0.6) is 0 Å². The van der Waals surface area contributed by atoms with Crippen molar-refractivity contribution in [2.45, 2.75) is 26.3 Å². The van der Waals surface area contributed by atoms with Crippen LogP contribution in [0, 0.1) is 5.82 Å². The van der Waals surface area contributed by atoms with E-state index >= 15 is 0 Å². The Morgan fingerprint density at radius 1 is 1.19 bits per heavy atom. The summed E-state index contributed by atoms with van der Waals surface area (Å²) in [4.78, 5) is 10.5. The molecular formula is C23H24FN3. The predicted octanol–water partition coefficient (Wildman–Crippen LogP) is 5.38. The third kappa shape index (κ3) is 3.45. The molecule has 0 fully saturated rings. The second-order valence-electron chi connectivity index (χ2n) is 6.99. The van der Waals surface area contributed by atoms with E-state index in [4.69, 9.17) is 0 Å². The highest BCUT2D eigenvalue weighted by molar-refractivity contribution is 5.90. The third-order valence-corrected chi connectivity index (χ3v) is 5.37. The molecule has 3 heterocycles. The van der Waals surface area contributed by atoms with Crippen LogP contribution in [0.1, 0.15) is 25.8 Å². The maximum atomic E-state index is 13.4. The van der Waals surface area contributed by atoms with E-state index in [9.17, 15) is 4.39 Å². The number of rotatable bonds is 4. The van der Waals surface area contributed by atoms with E-state index in [0.29, 0.717) is 6.04 Å². The largest absolute Gasteiger partial charge is 0.360 e. The minimum atomic E-state index is -0.228. The summed E-state index contributed by atoms with van der Waals surface area (Å²) in [6.45, 7) is 6.57. The number of hydrogen-bond acceptors (Lipinski definition) is 2.